The summed E-state index contributed by atoms with van der Waals surface area (Å²) in [4.78, 5) is 0. The molecule has 0 aliphatic carbocycles. The number of hydrogen-bond acceptors (Lipinski definition) is 5. The van der Waals surface area contributed by atoms with Crippen LogP contribution in [-0.4, -0.2) is 17.3 Å². The molecule has 0 aliphatic rings. The van der Waals surface area contributed by atoms with Crippen LogP contribution in [0.25, 0.3) is 11.5 Å². The molecule has 0 saturated carbocycles. The van der Waals surface area contributed by atoms with Crippen LogP contribution >= 0.6 is 11.8 Å². The number of halogens is 1. The quantitative estimate of drug-likeness (QED) is 0.661. The van der Waals surface area contributed by atoms with E-state index in [1.54, 1.807) is 6.07 Å². The zero-order chi connectivity index (χ0) is 15.4. The van der Waals surface area contributed by atoms with E-state index in [1.807, 2.05) is 36.4 Å². The molecule has 0 spiro atoms. The van der Waals surface area contributed by atoms with Crippen molar-refractivity contribution in [1.82, 2.24) is 10.2 Å². The molecule has 22 heavy (non-hydrogen) atoms. The van der Waals surface area contributed by atoms with Crippen LogP contribution in [0.15, 0.2) is 58.2 Å². The third-order valence-electron chi connectivity index (χ3n) is 3.01. The first-order chi connectivity index (χ1) is 10.8. The van der Waals surface area contributed by atoms with Crippen LogP contribution < -0.4 is 4.74 Å². The maximum absolute atomic E-state index is 13.6. The van der Waals surface area contributed by atoms with Crippen LogP contribution in [0.3, 0.4) is 0 Å². The Morgan fingerprint density at radius 1 is 1.14 bits per heavy atom. The number of aromatic nitrogens is 2. The molecule has 0 fully saturated rings. The predicted octanol–water partition coefficient (Wildman–Crippen LogP) is 4.18. The highest BCUT2D eigenvalue weighted by Gasteiger charge is 2.10. The van der Waals surface area contributed by atoms with E-state index in [0.29, 0.717) is 16.9 Å². The van der Waals surface area contributed by atoms with Crippen molar-refractivity contribution in [1.29, 1.82) is 0 Å². The molecule has 0 N–H and O–H groups in total. The zero-order valence-electron chi connectivity index (χ0n) is 11.8. The fraction of sp³-hybridized carbons (Fsp3) is 0.125. The number of benzene rings is 2. The van der Waals surface area contributed by atoms with Crippen LogP contribution in [0.1, 0.15) is 5.56 Å². The van der Waals surface area contributed by atoms with E-state index in [-0.39, 0.29) is 11.6 Å². The number of nitrogens with zero attached hydrogens (tertiary/aromatic N) is 2. The van der Waals surface area contributed by atoms with E-state index in [1.165, 1.54) is 24.9 Å². The third-order valence-corrected chi connectivity index (χ3v) is 3.90. The van der Waals surface area contributed by atoms with Crippen molar-refractivity contribution >= 4 is 11.8 Å². The van der Waals surface area contributed by atoms with Crippen LogP contribution in [0.5, 0.6) is 5.75 Å². The SMILES string of the molecule is COc1ccc(CSc2nnc(-c3ccccc3)o2)cc1F. The molecule has 0 aliphatic heterocycles. The molecule has 6 heteroatoms. The molecule has 3 aromatic rings. The fourth-order valence-electron chi connectivity index (χ4n) is 1.91. The highest BCUT2D eigenvalue weighted by Crippen LogP contribution is 2.27. The van der Waals surface area contributed by atoms with E-state index in [9.17, 15) is 4.39 Å². The lowest BCUT2D eigenvalue weighted by Crippen LogP contribution is -1.90. The van der Waals surface area contributed by atoms with Crippen LogP contribution in [0.2, 0.25) is 0 Å². The summed E-state index contributed by atoms with van der Waals surface area (Å²) < 4.78 is 24.1. The van der Waals surface area contributed by atoms with Gasteiger partial charge in [0, 0.05) is 11.3 Å². The summed E-state index contributed by atoms with van der Waals surface area (Å²) in [6.45, 7) is 0. The summed E-state index contributed by atoms with van der Waals surface area (Å²) >= 11 is 1.36. The third kappa shape index (κ3) is 3.28. The highest BCUT2D eigenvalue weighted by atomic mass is 32.2. The second-order valence-electron chi connectivity index (χ2n) is 4.50. The second-order valence-corrected chi connectivity index (χ2v) is 5.42. The van der Waals surface area contributed by atoms with Crippen LogP contribution in [0, 0.1) is 5.82 Å². The average molecular weight is 316 g/mol. The van der Waals surface area contributed by atoms with Crippen molar-refractivity contribution in [2.24, 2.45) is 0 Å². The van der Waals surface area contributed by atoms with Gasteiger partial charge in [-0.2, -0.15) is 0 Å². The van der Waals surface area contributed by atoms with Crippen molar-refractivity contribution in [3.63, 3.8) is 0 Å². The summed E-state index contributed by atoms with van der Waals surface area (Å²) in [5.74, 6) is 0.871. The Labute approximate surface area is 131 Å². The molecule has 4 nitrogen and oxygen atoms in total. The second kappa shape index (κ2) is 6.62. The van der Waals surface area contributed by atoms with Crippen molar-refractivity contribution in [3.05, 3.63) is 59.9 Å². The monoisotopic (exact) mass is 316 g/mol. The van der Waals surface area contributed by atoms with Gasteiger partial charge in [-0.3, -0.25) is 0 Å². The normalized spacial score (nSPS) is 10.6. The Balaban J connectivity index is 1.67. The maximum atomic E-state index is 13.6. The average Bonchev–Trinajstić information content (AvgIpc) is 3.03. The molecule has 1 aromatic heterocycles. The Kier molecular flexibility index (Phi) is 4.39. The van der Waals surface area contributed by atoms with Gasteiger partial charge in [-0.25, -0.2) is 4.39 Å². The minimum atomic E-state index is -0.379. The molecular weight excluding hydrogens is 303 g/mol. The zero-order valence-corrected chi connectivity index (χ0v) is 12.6. The van der Waals surface area contributed by atoms with Crippen LogP contribution in [0.4, 0.5) is 4.39 Å². The van der Waals surface area contributed by atoms with E-state index in [2.05, 4.69) is 10.2 Å². The minimum Gasteiger partial charge on any atom is -0.494 e. The van der Waals surface area contributed by atoms with Crippen molar-refractivity contribution < 1.29 is 13.5 Å². The van der Waals surface area contributed by atoms with E-state index in [4.69, 9.17) is 9.15 Å². The molecule has 0 saturated heterocycles. The lowest BCUT2D eigenvalue weighted by atomic mass is 10.2. The molecule has 112 valence electrons. The largest absolute Gasteiger partial charge is 0.494 e. The fourth-order valence-corrected chi connectivity index (χ4v) is 2.62. The topological polar surface area (TPSA) is 48.2 Å². The number of hydrogen-bond donors (Lipinski definition) is 0. The summed E-state index contributed by atoms with van der Waals surface area (Å²) in [6, 6.07) is 14.4. The first-order valence-corrected chi connectivity index (χ1v) is 7.59. The van der Waals surface area contributed by atoms with Gasteiger partial charge in [-0.1, -0.05) is 36.0 Å². The first-order valence-electron chi connectivity index (χ1n) is 6.60. The Bertz CT molecular complexity index is 762. The lowest BCUT2D eigenvalue weighted by molar-refractivity contribution is 0.386. The van der Waals surface area contributed by atoms with Crippen LogP contribution in [-0.2, 0) is 5.75 Å². The number of ether oxygens (including phenoxy) is 1. The molecule has 0 radical (unpaired) electrons. The maximum Gasteiger partial charge on any atom is 0.277 e. The van der Waals surface area contributed by atoms with Gasteiger partial charge in [-0.15, -0.1) is 10.2 Å². The van der Waals surface area contributed by atoms with Gasteiger partial charge in [0.1, 0.15) is 0 Å². The Morgan fingerprint density at radius 2 is 1.95 bits per heavy atom. The Hall–Kier alpha value is -2.34. The summed E-state index contributed by atoms with van der Waals surface area (Å²) in [5, 5.41) is 8.46. The molecule has 1 heterocycles. The molecule has 3 rings (SSSR count). The summed E-state index contributed by atoms with van der Waals surface area (Å²) in [6.07, 6.45) is 0. The van der Waals surface area contributed by atoms with Gasteiger partial charge in [0.15, 0.2) is 11.6 Å². The Morgan fingerprint density at radius 3 is 2.68 bits per heavy atom. The van der Waals surface area contributed by atoms with Crippen molar-refractivity contribution in [2.75, 3.05) is 7.11 Å². The minimum absolute atomic E-state index is 0.234. The van der Waals surface area contributed by atoms with Gasteiger partial charge in [-0.05, 0) is 29.8 Å². The number of methoxy groups -OCH3 is 1. The number of rotatable bonds is 5. The van der Waals surface area contributed by atoms with Gasteiger partial charge >= 0.3 is 0 Å². The standard InChI is InChI=1S/C16H13FN2O2S/c1-20-14-8-7-11(9-13(14)17)10-22-16-19-18-15(21-16)12-5-3-2-4-6-12/h2-9H,10H2,1H3. The lowest BCUT2D eigenvalue weighted by Gasteiger charge is -2.03. The molecule has 0 atom stereocenters. The van der Waals surface area contributed by atoms with Gasteiger partial charge in [0.05, 0.1) is 7.11 Å². The van der Waals surface area contributed by atoms with E-state index < -0.39 is 0 Å². The van der Waals surface area contributed by atoms with Gasteiger partial charge in [0.2, 0.25) is 5.89 Å². The highest BCUT2D eigenvalue weighted by molar-refractivity contribution is 7.98. The summed E-state index contributed by atoms with van der Waals surface area (Å²) in [7, 11) is 1.44. The smallest absolute Gasteiger partial charge is 0.277 e. The molecule has 0 amide bonds. The van der Waals surface area contributed by atoms with E-state index >= 15 is 0 Å². The molecular formula is C16H13FN2O2S. The molecule has 0 unspecified atom stereocenters. The molecule has 2 aromatic carbocycles. The van der Waals surface area contributed by atoms with Gasteiger partial charge < -0.3 is 9.15 Å². The first kappa shape index (κ1) is 14.6. The summed E-state index contributed by atoms with van der Waals surface area (Å²) in [5.41, 5.74) is 1.69. The van der Waals surface area contributed by atoms with Crippen molar-refractivity contribution in [2.45, 2.75) is 11.0 Å². The number of thioether (sulfide) groups is 1. The van der Waals surface area contributed by atoms with Crippen molar-refractivity contribution in [3.8, 4) is 17.2 Å². The predicted molar refractivity (Wildman–Crippen MR) is 82.2 cm³/mol. The van der Waals surface area contributed by atoms with E-state index in [0.717, 1.165) is 11.1 Å². The van der Waals surface area contributed by atoms with Gasteiger partial charge in [0.25, 0.3) is 5.22 Å². The molecule has 0 bridgehead atoms.